The molecule has 1 heterocycles. The largest absolute Gasteiger partial charge is 0.506 e. The molecule has 0 aliphatic carbocycles. The summed E-state index contributed by atoms with van der Waals surface area (Å²) in [6, 6.07) is 0. The lowest BCUT2D eigenvalue weighted by Crippen LogP contribution is -1.99. The van der Waals surface area contributed by atoms with Gasteiger partial charge < -0.3 is 15.9 Å². The number of pyridine rings is 1. The first kappa shape index (κ1) is 10.7. The van der Waals surface area contributed by atoms with Crippen LogP contribution < -0.4 is 5.73 Å². The summed E-state index contributed by atoms with van der Waals surface area (Å²) in [7, 11) is 0. The van der Waals surface area contributed by atoms with E-state index in [0.29, 0.717) is 11.3 Å². The summed E-state index contributed by atoms with van der Waals surface area (Å²) < 4.78 is 0. The van der Waals surface area contributed by atoms with E-state index in [0.717, 1.165) is 0 Å². The lowest BCUT2D eigenvalue weighted by atomic mass is 10.2. The first-order valence-electron chi connectivity index (χ1n) is 3.23. The molecule has 4 nitrogen and oxygen atoms in total. The van der Waals surface area contributed by atoms with E-state index in [1.165, 1.54) is 6.20 Å². The zero-order chi connectivity index (χ0) is 8.43. The van der Waals surface area contributed by atoms with E-state index in [9.17, 15) is 5.11 Å². The number of hydrogen-bond acceptors (Lipinski definition) is 4. The molecule has 0 spiro atoms. The van der Waals surface area contributed by atoms with E-state index in [-0.39, 0.29) is 25.5 Å². The van der Waals surface area contributed by atoms with Crippen LogP contribution in [0.2, 0.25) is 0 Å². The Hall–Kier alpha value is -1.29. The van der Waals surface area contributed by atoms with Gasteiger partial charge in [-0.3, -0.25) is 4.98 Å². The van der Waals surface area contributed by atoms with Crippen LogP contribution in [0, 0.1) is 6.92 Å². The molecule has 1 rings (SSSR count). The zero-order valence-corrected chi connectivity index (χ0v) is 6.20. The van der Waals surface area contributed by atoms with Gasteiger partial charge in [0.2, 0.25) is 0 Å². The predicted octanol–water partition coefficient (Wildman–Crippen LogP) is 0.896. The molecular formula is C8H14N2O2. The van der Waals surface area contributed by atoms with Gasteiger partial charge in [0.15, 0.2) is 0 Å². The standard InChI is InChI=1S/C7H10N2O2.CH4/c1-4-7(11)5(2-8)6(10)3-9-4;/h3,10-11H,2,8H2,1H3;1H4. The highest BCUT2D eigenvalue weighted by molar-refractivity contribution is 5.43. The lowest BCUT2D eigenvalue weighted by Gasteiger charge is -2.05. The van der Waals surface area contributed by atoms with Crippen molar-refractivity contribution < 1.29 is 10.2 Å². The van der Waals surface area contributed by atoms with Crippen LogP contribution >= 0.6 is 0 Å². The van der Waals surface area contributed by atoms with E-state index in [4.69, 9.17) is 10.8 Å². The van der Waals surface area contributed by atoms with E-state index >= 15 is 0 Å². The van der Waals surface area contributed by atoms with Crippen molar-refractivity contribution in [2.45, 2.75) is 20.9 Å². The van der Waals surface area contributed by atoms with Crippen LogP contribution in [0.15, 0.2) is 6.20 Å². The molecule has 0 aliphatic heterocycles. The van der Waals surface area contributed by atoms with Gasteiger partial charge in [0.05, 0.1) is 17.5 Å². The van der Waals surface area contributed by atoms with E-state index in [2.05, 4.69) is 4.98 Å². The third-order valence-electron chi connectivity index (χ3n) is 1.52. The number of hydrogen-bond donors (Lipinski definition) is 3. The number of aromatic nitrogens is 1. The van der Waals surface area contributed by atoms with Crippen molar-refractivity contribution in [3.63, 3.8) is 0 Å². The molecule has 0 saturated heterocycles. The van der Waals surface area contributed by atoms with Gasteiger partial charge in [0.25, 0.3) is 0 Å². The SMILES string of the molecule is C.Cc1ncc(O)c(CN)c1O. The average Bonchev–Trinajstić information content (AvgIpc) is 1.99. The Bertz CT molecular complexity index is 274. The fraction of sp³-hybridized carbons (Fsp3) is 0.375. The normalized spacial score (nSPS) is 9.17. The molecule has 0 amide bonds. The van der Waals surface area contributed by atoms with Gasteiger partial charge in [0, 0.05) is 6.54 Å². The van der Waals surface area contributed by atoms with Crippen molar-refractivity contribution in [1.29, 1.82) is 0 Å². The Morgan fingerprint density at radius 1 is 1.50 bits per heavy atom. The Morgan fingerprint density at radius 3 is 2.50 bits per heavy atom. The van der Waals surface area contributed by atoms with E-state index in [1.54, 1.807) is 6.92 Å². The lowest BCUT2D eigenvalue weighted by molar-refractivity contribution is 0.430. The number of rotatable bonds is 1. The van der Waals surface area contributed by atoms with E-state index in [1.807, 2.05) is 0 Å². The molecule has 0 unspecified atom stereocenters. The third-order valence-corrected chi connectivity index (χ3v) is 1.52. The smallest absolute Gasteiger partial charge is 0.144 e. The maximum absolute atomic E-state index is 9.28. The summed E-state index contributed by atoms with van der Waals surface area (Å²) in [4.78, 5) is 3.73. The second kappa shape index (κ2) is 3.92. The molecule has 0 aromatic carbocycles. The first-order chi connectivity index (χ1) is 5.16. The molecule has 12 heavy (non-hydrogen) atoms. The topological polar surface area (TPSA) is 79.4 Å². The monoisotopic (exact) mass is 170 g/mol. The Kier molecular flexibility index (Phi) is 3.50. The van der Waals surface area contributed by atoms with Crippen molar-refractivity contribution in [3.05, 3.63) is 17.5 Å². The predicted molar refractivity (Wildman–Crippen MR) is 46.9 cm³/mol. The zero-order valence-electron chi connectivity index (χ0n) is 6.20. The molecule has 4 N–H and O–H groups in total. The third kappa shape index (κ3) is 1.65. The molecule has 0 fully saturated rings. The van der Waals surface area contributed by atoms with Crippen LogP contribution in [0.1, 0.15) is 18.7 Å². The van der Waals surface area contributed by atoms with Crippen LogP contribution in [0.5, 0.6) is 11.5 Å². The van der Waals surface area contributed by atoms with Gasteiger partial charge >= 0.3 is 0 Å². The summed E-state index contributed by atoms with van der Waals surface area (Å²) in [5.74, 6) is -0.0805. The highest BCUT2D eigenvalue weighted by Crippen LogP contribution is 2.26. The molecule has 1 aromatic rings. The van der Waals surface area contributed by atoms with Gasteiger partial charge in [-0.15, -0.1) is 0 Å². The van der Waals surface area contributed by atoms with Crippen LogP contribution in [0.3, 0.4) is 0 Å². The van der Waals surface area contributed by atoms with Crippen molar-refractivity contribution in [2.24, 2.45) is 5.73 Å². The minimum atomic E-state index is -0.0596. The van der Waals surface area contributed by atoms with Crippen LogP contribution in [-0.2, 0) is 6.54 Å². The molecule has 68 valence electrons. The van der Waals surface area contributed by atoms with Crippen molar-refractivity contribution >= 4 is 0 Å². The molecule has 0 aliphatic rings. The van der Waals surface area contributed by atoms with Crippen molar-refractivity contribution in [3.8, 4) is 11.5 Å². The summed E-state index contributed by atoms with van der Waals surface area (Å²) in [6.07, 6.45) is 1.28. The summed E-state index contributed by atoms with van der Waals surface area (Å²) in [5, 5.41) is 18.4. The summed E-state index contributed by atoms with van der Waals surface area (Å²) >= 11 is 0. The summed E-state index contributed by atoms with van der Waals surface area (Å²) in [6.45, 7) is 1.76. The molecule has 0 bridgehead atoms. The second-order valence-corrected chi connectivity index (χ2v) is 2.26. The molecule has 4 heteroatoms. The molecular weight excluding hydrogens is 156 g/mol. The van der Waals surface area contributed by atoms with Gasteiger partial charge in [-0.2, -0.15) is 0 Å². The van der Waals surface area contributed by atoms with Gasteiger partial charge in [-0.1, -0.05) is 7.43 Å². The highest BCUT2D eigenvalue weighted by atomic mass is 16.3. The van der Waals surface area contributed by atoms with Crippen LogP contribution in [0.25, 0.3) is 0 Å². The van der Waals surface area contributed by atoms with Crippen LogP contribution in [0.4, 0.5) is 0 Å². The maximum Gasteiger partial charge on any atom is 0.144 e. The highest BCUT2D eigenvalue weighted by Gasteiger charge is 2.08. The fourth-order valence-electron chi connectivity index (χ4n) is 0.838. The van der Waals surface area contributed by atoms with Gasteiger partial charge in [0.1, 0.15) is 11.5 Å². The van der Waals surface area contributed by atoms with Crippen molar-refractivity contribution in [1.82, 2.24) is 4.98 Å². The molecule has 0 atom stereocenters. The van der Waals surface area contributed by atoms with Crippen LogP contribution in [-0.4, -0.2) is 15.2 Å². The van der Waals surface area contributed by atoms with Gasteiger partial charge in [-0.25, -0.2) is 0 Å². The minimum absolute atomic E-state index is 0. The van der Waals surface area contributed by atoms with Crippen molar-refractivity contribution in [2.75, 3.05) is 0 Å². The molecule has 0 radical (unpaired) electrons. The maximum atomic E-state index is 9.28. The first-order valence-corrected chi connectivity index (χ1v) is 3.23. The number of aryl methyl sites for hydroxylation is 1. The average molecular weight is 170 g/mol. The Balaban J connectivity index is 0.00000121. The Labute approximate surface area is 71.7 Å². The fourth-order valence-corrected chi connectivity index (χ4v) is 0.838. The number of nitrogens with two attached hydrogens (primary N) is 1. The molecule has 1 aromatic heterocycles. The number of aromatic hydroxyl groups is 2. The molecule has 0 saturated carbocycles. The van der Waals surface area contributed by atoms with Gasteiger partial charge in [-0.05, 0) is 6.92 Å². The van der Waals surface area contributed by atoms with E-state index < -0.39 is 0 Å². The quantitative estimate of drug-likeness (QED) is 0.585. The Morgan fingerprint density at radius 2 is 2.08 bits per heavy atom. The number of nitrogens with zero attached hydrogens (tertiary/aromatic N) is 1. The summed E-state index contributed by atoms with van der Waals surface area (Å²) in [5.41, 5.74) is 6.09. The second-order valence-electron chi connectivity index (χ2n) is 2.26. The minimum Gasteiger partial charge on any atom is -0.506 e.